The van der Waals surface area contributed by atoms with Crippen LogP contribution >= 0.6 is 11.3 Å². The molecule has 3 aromatic rings. The minimum atomic E-state index is -0.151. The summed E-state index contributed by atoms with van der Waals surface area (Å²) in [6.45, 7) is 4.03. The summed E-state index contributed by atoms with van der Waals surface area (Å²) in [5, 5.41) is 0.598. The first-order valence-electron chi connectivity index (χ1n) is 7.16. The van der Waals surface area contributed by atoms with Crippen LogP contribution in [0.5, 0.6) is 0 Å². The molecule has 0 unspecified atom stereocenters. The number of hydrogen-bond acceptors (Lipinski definition) is 4. The lowest BCUT2D eigenvalue weighted by atomic mass is 10.1. The van der Waals surface area contributed by atoms with Gasteiger partial charge in [-0.25, -0.2) is 4.98 Å². The number of thiophene rings is 1. The molecule has 2 aromatic heterocycles. The van der Waals surface area contributed by atoms with E-state index in [1.54, 1.807) is 12.1 Å². The second-order valence-electron chi connectivity index (χ2n) is 5.25. The van der Waals surface area contributed by atoms with Gasteiger partial charge in [0.1, 0.15) is 4.83 Å². The number of aryl methyl sites for hydroxylation is 2. The molecule has 0 amide bonds. The lowest BCUT2D eigenvalue weighted by Gasteiger charge is -2.05. The average Bonchev–Trinajstić information content (AvgIpc) is 2.95. The van der Waals surface area contributed by atoms with Gasteiger partial charge in [-0.3, -0.25) is 14.2 Å². The van der Waals surface area contributed by atoms with Gasteiger partial charge in [-0.2, -0.15) is 0 Å². The molecule has 2 heterocycles. The third kappa shape index (κ3) is 2.72. The average molecular weight is 312 g/mol. The SMILES string of the molecule is CCc1cc2c(=O)n(CC(=O)c3ccc(C)cc3)cnc2s1. The molecule has 4 nitrogen and oxygen atoms in total. The Morgan fingerprint density at radius 2 is 2.00 bits per heavy atom. The molecule has 0 atom stereocenters. The van der Waals surface area contributed by atoms with Crippen molar-refractivity contribution in [3.63, 3.8) is 0 Å². The van der Waals surface area contributed by atoms with Crippen molar-refractivity contribution >= 4 is 27.3 Å². The van der Waals surface area contributed by atoms with Gasteiger partial charge in [0.05, 0.1) is 18.3 Å². The number of aromatic nitrogens is 2. The third-order valence-corrected chi connectivity index (χ3v) is 4.79. The molecule has 0 aliphatic carbocycles. The van der Waals surface area contributed by atoms with E-state index in [4.69, 9.17) is 0 Å². The molecule has 0 saturated carbocycles. The maximum absolute atomic E-state index is 12.5. The number of hydrogen-bond donors (Lipinski definition) is 0. The van der Waals surface area contributed by atoms with E-state index in [2.05, 4.69) is 4.98 Å². The van der Waals surface area contributed by atoms with Crippen LogP contribution in [0.1, 0.15) is 27.7 Å². The van der Waals surface area contributed by atoms with E-state index in [1.807, 2.05) is 32.0 Å². The molecule has 22 heavy (non-hydrogen) atoms. The minimum absolute atomic E-state index is 0.0160. The number of carbonyl (C=O) groups excluding carboxylic acids is 1. The van der Waals surface area contributed by atoms with E-state index in [9.17, 15) is 9.59 Å². The molecule has 0 N–H and O–H groups in total. The van der Waals surface area contributed by atoms with Crippen LogP contribution < -0.4 is 5.56 Å². The molecule has 0 aliphatic rings. The third-order valence-electron chi connectivity index (χ3n) is 3.61. The maximum Gasteiger partial charge on any atom is 0.262 e. The van der Waals surface area contributed by atoms with Crippen molar-refractivity contribution in [2.24, 2.45) is 0 Å². The maximum atomic E-state index is 12.5. The van der Waals surface area contributed by atoms with Crippen molar-refractivity contribution < 1.29 is 4.79 Å². The smallest absolute Gasteiger partial charge is 0.262 e. The van der Waals surface area contributed by atoms with Crippen molar-refractivity contribution in [1.29, 1.82) is 0 Å². The summed E-state index contributed by atoms with van der Waals surface area (Å²) in [5.74, 6) is -0.0887. The molecule has 3 rings (SSSR count). The van der Waals surface area contributed by atoms with Crippen molar-refractivity contribution in [3.05, 3.63) is 63.0 Å². The predicted molar refractivity (Wildman–Crippen MR) is 88.8 cm³/mol. The number of nitrogens with zero attached hydrogens (tertiary/aromatic N) is 2. The van der Waals surface area contributed by atoms with Gasteiger partial charge >= 0.3 is 0 Å². The van der Waals surface area contributed by atoms with Gasteiger partial charge in [-0.15, -0.1) is 11.3 Å². The van der Waals surface area contributed by atoms with E-state index in [1.165, 1.54) is 22.2 Å². The second kappa shape index (κ2) is 5.85. The standard InChI is InChI=1S/C17H16N2O2S/c1-3-13-8-14-16(22-13)18-10-19(17(14)21)9-15(20)12-6-4-11(2)5-7-12/h4-8,10H,3,9H2,1-2H3. The first-order valence-corrected chi connectivity index (χ1v) is 7.98. The summed E-state index contributed by atoms with van der Waals surface area (Å²) in [6, 6.07) is 9.23. The molecule has 1 aromatic carbocycles. The largest absolute Gasteiger partial charge is 0.292 e. The number of Topliss-reactive ketones (excluding diaryl/α,β-unsaturated/α-hetero) is 1. The van der Waals surface area contributed by atoms with Crippen molar-refractivity contribution in [3.8, 4) is 0 Å². The van der Waals surface area contributed by atoms with Crippen molar-refractivity contribution in [1.82, 2.24) is 9.55 Å². The molecule has 5 heteroatoms. The summed E-state index contributed by atoms with van der Waals surface area (Å²) >= 11 is 1.53. The zero-order valence-corrected chi connectivity index (χ0v) is 13.3. The molecular formula is C17H16N2O2S. The zero-order valence-electron chi connectivity index (χ0n) is 12.5. The normalized spacial score (nSPS) is 11.0. The Balaban J connectivity index is 1.93. The number of benzene rings is 1. The van der Waals surface area contributed by atoms with E-state index in [0.29, 0.717) is 10.9 Å². The highest BCUT2D eigenvalue weighted by Crippen LogP contribution is 2.21. The van der Waals surface area contributed by atoms with E-state index in [-0.39, 0.29) is 17.9 Å². The highest BCUT2D eigenvalue weighted by molar-refractivity contribution is 7.18. The number of ketones is 1. The lowest BCUT2D eigenvalue weighted by Crippen LogP contribution is -2.24. The Hall–Kier alpha value is -2.27. The summed E-state index contributed by atoms with van der Waals surface area (Å²) in [7, 11) is 0. The van der Waals surface area contributed by atoms with Gasteiger partial charge in [0, 0.05) is 10.4 Å². The van der Waals surface area contributed by atoms with Crippen LogP contribution in [0.3, 0.4) is 0 Å². The van der Waals surface area contributed by atoms with E-state index >= 15 is 0 Å². The fourth-order valence-corrected chi connectivity index (χ4v) is 3.21. The van der Waals surface area contributed by atoms with Crippen LogP contribution in [0.15, 0.2) is 41.5 Å². The summed E-state index contributed by atoms with van der Waals surface area (Å²) < 4.78 is 1.39. The first-order chi connectivity index (χ1) is 10.6. The highest BCUT2D eigenvalue weighted by Gasteiger charge is 2.12. The topological polar surface area (TPSA) is 52.0 Å². The monoisotopic (exact) mass is 312 g/mol. The number of fused-ring (bicyclic) bond motifs is 1. The fourth-order valence-electron chi connectivity index (χ4n) is 2.28. The molecule has 0 aliphatic heterocycles. The van der Waals surface area contributed by atoms with Crippen LogP contribution in [0.25, 0.3) is 10.2 Å². The van der Waals surface area contributed by atoms with Crippen LogP contribution in [0.2, 0.25) is 0 Å². The van der Waals surface area contributed by atoms with Gasteiger partial charge in [0.25, 0.3) is 5.56 Å². The Bertz CT molecular complexity index is 891. The van der Waals surface area contributed by atoms with Crippen LogP contribution in [0.4, 0.5) is 0 Å². The lowest BCUT2D eigenvalue weighted by molar-refractivity contribution is 0.0970. The van der Waals surface area contributed by atoms with E-state index in [0.717, 1.165) is 21.7 Å². The van der Waals surface area contributed by atoms with Gasteiger partial charge < -0.3 is 0 Å². The molecule has 0 saturated heterocycles. The zero-order chi connectivity index (χ0) is 15.7. The Labute approximate surface area is 132 Å². The van der Waals surface area contributed by atoms with Crippen LogP contribution in [-0.4, -0.2) is 15.3 Å². The predicted octanol–water partition coefficient (Wildman–Crippen LogP) is 3.21. The summed E-state index contributed by atoms with van der Waals surface area (Å²) in [6.07, 6.45) is 2.34. The van der Waals surface area contributed by atoms with E-state index < -0.39 is 0 Å². The van der Waals surface area contributed by atoms with Gasteiger partial charge in [0.2, 0.25) is 0 Å². The van der Waals surface area contributed by atoms with Crippen LogP contribution in [0, 0.1) is 6.92 Å². The highest BCUT2D eigenvalue weighted by atomic mass is 32.1. The van der Waals surface area contributed by atoms with Crippen LogP contribution in [-0.2, 0) is 13.0 Å². The molecule has 0 bridgehead atoms. The van der Waals surface area contributed by atoms with Gasteiger partial charge in [0.15, 0.2) is 5.78 Å². The molecule has 0 spiro atoms. The van der Waals surface area contributed by atoms with Gasteiger partial charge in [-0.1, -0.05) is 36.8 Å². The number of rotatable bonds is 4. The quantitative estimate of drug-likeness (QED) is 0.695. The number of carbonyl (C=O) groups is 1. The summed E-state index contributed by atoms with van der Waals surface area (Å²) in [4.78, 5) is 30.9. The van der Waals surface area contributed by atoms with Gasteiger partial charge in [-0.05, 0) is 19.4 Å². The molecule has 0 fully saturated rings. The first kappa shape index (κ1) is 14.7. The Morgan fingerprint density at radius 1 is 1.27 bits per heavy atom. The molecule has 112 valence electrons. The van der Waals surface area contributed by atoms with Crippen molar-refractivity contribution in [2.45, 2.75) is 26.8 Å². The Kier molecular flexibility index (Phi) is 3.90. The molecule has 0 radical (unpaired) electrons. The molecular weight excluding hydrogens is 296 g/mol. The second-order valence-corrected chi connectivity index (χ2v) is 6.37. The fraction of sp³-hybridized carbons (Fsp3) is 0.235. The van der Waals surface area contributed by atoms with Crippen molar-refractivity contribution in [2.75, 3.05) is 0 Å². The Morgan fingerprint density at radius 3 is 2.68 bits per heavy atom. The minimum Gasteiger partial charge on any atom is -0.292 e. The summed E-state index contributed by atoms with van der Waals surface area (Å²) in [5.41, 5.74) is 1.56.